The molecule has 1 amide bonds. The number of nitrogens with two attached hydrogens (primary N) is 1. The minimum Gasteiger partial charge on any atom is -0.496 e. The number of methoxy groups -OCH3 is 1. The molecule has 1 aliphatic carbocycles. The third-order valence-electron chi connectivity index (χ3n) is 7.42. The van der Waals surface area contributed by atoms with Gasteiger partial charge in [0.2, 0.25) is 0 Å². The van der Waals surface area contributed by atoms with Gasteiger partial charge in [-0.25, -0.2) is 18.4 Å². The largest absolute Gasteiger partial charge is 0.496 e. The number of hydrogen-bond acceptors (Lipinski definition) is 8. The van der Waals surface area contributed by atoms with Crippen LogP contribution in [0.15, 0.2) is 41.2 Å². The van der Waals surface area contributed by atoms with Gasteiger partial charge in [0, 0.05) is 17.3 Å². The Hall–Kier alpha value is -4.17. The summed E-state index contributed by atoms with van der Waals surface area (Å²) in [4.78, 5) is 40.2. The van der Waals surface area contributed by atoms with Crippen molar-refractivity contribution in [1.82, 2.24) is 19.8 Å². The number of hydrogen-bond donors (Lipinski definition) is 3. The Labute approximate surface area is 227 Å². The predicted molar refractivity (Wildman–Crippen MR) is 138 cm³/mol. The first-order valence-corrected chi connectivity index (χ1v) is 12.6. The highest BCUT2D eigenvalue weighted by Gasteiger charge is 2.49. The van der Waals surface area contributed by atoms with Gasteiger partial charge in [-0.3, -0.25) is 15.4 Å². The maximum absolute atomic E-state index is 14.4. The van der Waals surface area contributed by atoms with Gasteiger partial charge >= 0.3 is 17.7 Å². The lowest BCUT2D eigenvalue weighted by molar-refractivity contribution is -0.165. The van der Waals surface area contributed by atoms with Gasteiger partial charge < -0.3 is 14.9 Å². The van der Waals surface area contributed by atoms with E-state index in [9.17, 15) is 33.4 Å². The van der Waals surface area contributed by atoms with E-state index in [1.807, 2.05) is 0 Å². The quantitative estimate of drug-likeness (QED) is 0.291. The molecule has 0 radical (unpaired) electrons. The fourth-order valence-corrected chi connectivity index (χ4v) is 4.76. The van der Waals surface area contributed by atoms with Gasteiger partial charge in [-0.15, -0.1) is 4.68 Å². The smallest absolute Gasteiger partial charge is 0.377 e. The monoisotopic (exact) mass is 560 g/mol. The Morgan fingerprint density at radius 3 is 2.30 bits per heavy atom. The minimum atomic E-state index is -2.45. The molecule has 1 unspecified atom stereocenters. The molecular formula is C26H30F2N6O6. The highest BCUT2D eigenvalue weighted by Crippen LogP contribution is 2.42. The maximum Gasteiger partial charge on any atom is 0.377 e. The van der Waals surface area contributed by atoms with Crippen LogP contribution < -0.4 is 21.1 Å². The summed E-state index contributed by atoms with van der Waals surface area (Å²) >= 11 is 0. The summed E-state index contributed by atoms with van der Waals surface area (Å²) in [5, 5.41) is 28.1. The third-order valence-corrected chi connectivity index (χ3v) is 7.42. The summed E-state index contributed by atoms with van der Waals surface area (Å²) in [7, 11) is 1.31. The van der Waals surface area contributed by atoms with Gasteiger partial charge in [-0.05, 0) is 67.4 Å². The van der Waals surface area contributed by atoms with Crippen LogP contribution in [0.4, 0.5) is 19.3 Å². The Morgan fingerprint density at radius 1 is 1.10 bits per heavy atom. The van der Waals surface area contributed by atoms with Gasteiger partial charge in [-0.1, -0.05) is 25.3 Å². The van der Waals surface area contributed by atoms with Crippen molar-refractivity contribution < 1.29 is 33.3 Å². The van der Waals surface area contributed by atoms with Gasteiger partial charge in [-0.2, -0.15) is 4.68 Å². The second-order valence-electron chi connectivity index (χ2n) is 10.2. The molecule has 1 aliphatic rings. The van der Waals surface area contributed by atoms with Crippen LogP contribution in [0.3, 0.4) is 0 Å². The van der Waals surface area contributed by atoms with Gasteiger partial charge in [0.25, 0.3) is 0 Å². The molecule has 4 rings (SSSR count). The van der Waals surface area contributed by atoms with Crippen molar-refractivity contribution in [2.45, 2.75) is 57.7 Å². The summed E-state index contributed by atoms with van der Waals surface area (Å²) in [6.07, 6.45) is 3.63. The second kappa shape index (κ2) is 10.8. The van der Waals surface area contributed by atoms with Gasteiger partial charge in [0.15, 0.2) is 17.4 Å². The Morgan fingerprint density at radius 2 is 1.73 bits per heavy atom. The van der Waals surface area contributed by atoms with E-state index in [4.69, 9.17) is 10.5 Å². The summed E-state index contributed by atoms with van der Waals surface area (Å²) in [6.45, 7) is 2.48. The van der Waals surface area contributed by atoms with Crippen LogP contribution >= 0.6 is 0 Å². The molecule has 3 aromatic rings. The van der Waals surface area contributed by atoms with Crippen LogP contribution in [0.1, 0.15) is 51.5 Å². The molecule has 214 valence electrons. The molecule has 0 saturated heterocycles. The average molecular weight is 561 g/mol. The molecule has 0 spiro atoms. The molecule has 2 aromatic carbocycles. The average Bonchev–Trinajstić information content (AvgIpc) is 3.29. The fourth-order valence-electron chi connectivity index (χ4n) is 4.76. The molecule has 1 fully saturated rings. The number of halogens is 2. The summed E-state index contributed by atoms with van der Waals surface area (Å²) in [6, 6.07) is 5.82. The third kappa shape index (κ3) is 4.84. The number of benzene rings is 2. The van der Waals surface area contributed by atoms with E-state index in [1.54, 1.807) is 0 Å². The van der Waals surface area contributed by atoms with Crippen LogP contribution in [0.5, 0.6) is 5.75 Å². The Bertz CT molecular complexity index is 1470. The van der Waals surface area contributed by atoms with Crippen molar-refractivity contribution in [2.75, 3.05) is 12.0 Å². The molecule has 4 N–H and O–H groups in total. The van der Waals surface area contributed by atoms with Crippen LogP contribution in [0.25, 0.3) is 5.69 Å². The summed E-state index contributed by atoms with van der Waals surface area (Å²) < 4.78 is 34.8. The zero-order chi connectivity index (χ0) is 29.4. The molecule has 12 nitrogen and oxygen atoms in total. The van der Waals surface area contributed by atoms with E-state index in [0.29, 0.717) is 22.2 Å². The lowest BCUT2D eigenvalue weighted by atomic mass is 9.77. The van der Waals surface area contributed by atoms with Crippen molar-refractivity contribution >= 4 is 17.7 Å². The van der Waals surface area contributed by atoms with E-state index in [1.165, 1.54) is 44.1 Å². The first-order valence-electron chi connectivity index (χ1n) is 12.6. The molecule has 14 heteroatoms. The van der Waals surface area contributed by atoms with Crippen molar-refractivity contribution in [3.8, 4) is 11.4 Å². The molecule has 1 saturated carbocycles. The maximum atomic E-state index is 14.4. The number of aliphatic carboxylic acids is 1. The number of rotatable bonds is 7. The van der Waals surface area contributed by atoms with Gasteiger partial charge in [0.05, 0.1) is 7.11 Å². The number of para-hydroxylation sites is 1. The van der Waals surface area contributed by atoms with E-state index < -0.39 is 52.2 Å². The Kier molecular flexibility index (Phi) is 7.76. The number of nitrogens with zero attached hydrogens (tertiary/aromatic N) is 5. The zero-order valence-electron chi connectivity index (χ0n) is 22.2. The number of carbonyl (C=O) groups is 2. The van der Waals surface area contributed by atoms with Crippen molar-refractivity contribution in [3.63, 3.8) is 0 Å². The van der Waals surface area contributed by atoms with Crippen LogP contribution in [0, 0.1) is 17.0 Å². The zero-order valence-corrected chi connectivity index (χ0v) is 22.2. The van der Waals surface area contributed by atoms with E-state index >= 15 is 0 Å². The highest BCUT2D eigenvalue weighted by atomic mass is 19.1. The summed E-state index contributed by atoms with van der Waals surface area (Å²) in [5.41, 5.74) is -0.0922. The Balaban J connectivity index is 1.86. The number of tetrazole rings is 1. The predicted octanol–water partition coefficient (Wildman–Crippen LogP) is 2.74. The van der Waals surface area contributed by atoms with Crippen LogP contribution in [-0.2, 0) is 10.5 Å². The first kappa shape index (κ1) is 28.8. The normalized spacial score (nSPS) is 15.9. The number of anilines is 1. The number of aliphatic hydroxyl groups is 1. The lowest BCUT2D eigenvalue weighted by Crippen LogP contribution is -2.54. The minimum absolute atomic E-state index is 0.0669. The number of aromatic nitrogens is 4. The first-order chi connectivity index (χ1) is 18.8. The van der Waals surface area contributed by atoms with Crippen molar-refractivity contribution in [3.05, 3.63) is 64.1 Å². The SMILES string of the molecule is COc1ccc(N(C(=O)n2nnn(-c3c(F)cccc3F)c2=O)C2CCCCC2)cc1C(N)(O)C(C)(C)C(=O)O. The van der Waals surface area contributed by atoms with Gasteiger partial charge in [0.1, 0.15) is 16.9 Å². The van der Waals surface area contributed by atoms with Crippen molar-refractivity contribution in [2.24, 2.45) is 11.1 Å². The van der Waals surface area contributed by atoms with Crippen LogP contribution in [0.2, 0.25) is 0 Å². The molecule has 0 bridgehead atoms. The van der Waals surface area contributed by atoms with E-state index in [0.717, 1.165) is 37.5 Å². The second-order valence-corrected chi connectivity index (χ2v) is 10.2. The number of carboxylic acids is 1. The molecule has 1 heterocycles. The number of carboxylic acid groups (broad SMARTS) is 1. The lowest BCUT2D eigenvalue weighted by Gasteiger charge is -2.38. The molecule has 1 atom stereocenters. The molecule has 1 aromatic heterocycles. The summed E-state index contributed by atoms with van der Waals surface area (Å²) in [5.74, 6) is -3.46. The standard InChI is InChI=1S/C26H30F2N6O6/c1-25(2,22(35)36)26(29,39)17-14-16(12-13-20(17)40-3)32(15-8-5-4-6-9-15)23(37)34-24(38)33(30-31-34)21-18(27)10-7-11-19(21)28/h7,10-15,39H,4-6,8-9,29H2,1-3H3,(H,35,36). The van der Waals surface area contributed by atoms with Crippen molar-refractivity contribution in [1.29, 1.82) is 0 Å². The van der Waals surface area contributed by atoms with Crippen LogP contribution in [-0.4, -0.2) is 55.2 Å². The van der Waals surface area contributed by atoms with E-state index in [-0.39, 0.29) is 17.0 Å². The number of ether oxygens (including phenoxy) is 1. The number of carbonyl (C=O) groups excluding carboxylic acids is 1. The molecular weight excluding hydrogens is 530 g/mol. The highest BCUT2D eigenvalue weighted by molar-refractivity contribution is 5.94. The molecule has 40 heavy (non-hydrogen) atoms. The number of amides is 1. The van der Waals surface area contributed by atoms with E-state index in [2.05, 4.69) is 10.4 Å². The topological polar surface area (TPSA) is 166 Å². The fraction of sp³-hybridized carbons (Fsp3) is 0.423. The molecule has 0 aliphatic heterocycles.